The van der Waals surface area contributed by atoms with E-state index in [2.05, 4.69) is 62.6 Å². The number of piperidine rings is 1. The number of hydrogen-bond donors (Lipinski definition) is 1. The predicted molar refractivity (Wildman–Crippen MR) is 168 cm³/mol. The minimum Gasteiger partial charge on any atom is -0.398 e. The molecule has 7 heteroatoms. The van der Waals surface area contributed by atoms with Crippen molar-refractivity contribution in [2.24, 2.45) is 5.92 Å². The van der Waals surface area contributed by atoms with Gasteiger partial charge in [-0.3, -0.25) is 9.88 Å². The maximum Gasteiger partial charge on any atom is 0.115 e. The quantitative estimate of drug-likeness (QED) is 0.379. The van der Waals surface area contributed by atoms with Crippen LogP contribution in [0.25, 0.3) is 0 Å². The number of nitrogens with two attached hydrogens (primary N) is 1. The van der Waals surface area contributed by atoms with Crippen molar-refractivity contribution in [1.82, 2.24) is 9.88 Å². The summed E-state index contributed by atoms with van der Waals surface area (Å²) >= 11 is 0. The SMILES string of the molecule is CC12CCCN1CC(F)C2.CCc1cc(N2CCCC(C)C2)c2c(n1)CC(c1c(C(C)CC)ccc(N)c1C#N)OC2. The van der Waals surface area contributed by atoms with E-state index in [1.165, 1.54) is 42.5 Å². The van der Waals surface area contributed by atoms with Crippen molar-refractivity contribution in [3.63, 3.8) is 0 Å². The molecule has 42 heavy (non-hydrogen) atoms. The van der Waals surface area contributed by atoms with E-state index < -0.39 is 6.17 Å². The first-order valence-corrected chi connectivity index (χ1v) is 16.3. The summed E-state index contributed by atoms with van der Waals surface area (Å²) in [6, 6.07) is 8.57. The van der Waals surface area contributed by atoms with Crippen LogP contribution in [0.5, 0.6) is 0 Å². The molecule has 228 valence electrons. The first kappa shape index (κ1) is 30.8. The molecule has 0 aliphatic carbocycles. The van der Waals surface area contributed by atoms with Crippen LogP contribution >= 0.6 is 0 Å². The number of aromatic nitrogens is 1. The fourth-order valence-electron chi connectivity index (χ4n) is 7.64. The smallest absolute Gasteiger partial charge is 0.115 e. The third kappa shape index (κ3) is 6.17. The Morgan fingerprint density at radius 2 is 2.05 bits per heavy atom. The van der Waals surface area contributed by atoms with Gasteiger partial charge in [-0.05, 0) is 87.9 Å². The molecule has 6 rings (SSSR count). The van der Waals surface area contributed by atoms with Gasteiger partial charge >= 0.3 is 0 Å². The molecule has 2 aromatic rings. The second kappa shape index (κ2) is 12.9. The van der Waals surface area contributed by atoms with Crippen LogP contribution in [0, 0.1) is 17.2 Å². The first-order chi connectivity index (χ1) is 20.2. The molecule has 1 aromatic heterocycles. The molecule has 1 aromatic carbocycles. The summed E-state index contributed by atoms with van der Waals surface area (Å²) in [5.41, 5.74) is 14.5. The monoisotopic (exact) mass is 575 g/mol. The standard InChI is InChI=1S/C27H36N4O.C8H14FN/c1-5-18(4)20-9-10-23(29)21(14-28)27(20)26-13-24-22(16-32-26)25(12-19(6-2)30-24)31-11-7-8-17(3)15-31;1-8-3-2-4-10(8)6-7(9)5-8/h9-10,12,17-18,26H,5-8,11,13,15-16,29H2,1-4H3;7H,2-6H2,1H3. The van der Waals surface area contributed by atoms with Crippen LogP contribution in [0.4, 0.5) is 15.8 Å². The van der Waals surface area contributed by atoms with Crippen molar-refractivity contribution in [3.05, 3.63) is 51.8 Å². The fraction of sp³-hybridized carbons (Fsp3) is 0.657. The van der Waals surface area contributed by atoms with Crippen molar-refractivity contribution >= 4 is 11.4 Å². The summed E-state index contributed by atoms with van der Waals surface area (Å²) in [7, 11) is 0. The number of halogens is 1. The predicted octanol–water partition coefficient (Wildman–Crippen LogP) is 7.24. The van der Waals surface area contributed by atoms with Crippen LogP contribution in [-0.2, 0) is 24.2 Å². The number of hydrogen-bond acceptors (Lipinski definition) is 6. The number of anilines is 2. The molecule has 0 spiro atoms. The minimum absolute atomic E-state index is 0.197. The molecule has 0 saturated carbocycles. The molecule has 5 unspecified atom stereocenters. The Labute approximate surface area is 252 Å². The Balaban J connectivity index is 0.000000295. The fourth-order valence-corrected chi connectivity index (χ4v) is 7.64. The average molecular weight is 576 g/mol. The molecule has 0 amide bonds. The summed E-state index contributed by atoms with van der Waals surface area (Å²) < 4.78 is 19.3. The number of alkyl halides is 1. The van der Waals surface area contributed by atoms with Crippen molar-refractivity contribution < 1.29 is 9.13 Å². The number of nitrogen functional groups attached to an aromatic ring is 1. The van der Waals surface area contributed by atoms with Gasteiger partial charge in [0.15, 0.2) is 0 Å². The van der Waals surface area contributed by atoms with Gasteiger partial charge in [-0.15, -0.1) is 0 Å². The van der Waals surface area contributed by atoms with Gasteiger partial charge in [-0.1, -0.05) is 33.8 Å². The van der Waals surface area contributed by atoms with E-state index in [-0.39, 0.29) is 11.6 Å². The lowest BCUT2D eigenvalue weighted by Gasteiger charge is -2.37. The van der Waals surface area contributed by atoms with Gasteiger partial charge in [0.1, 0.15) is 12.2 Å². The third-order valence-electron chi connectivity index (χ3n) is 10.3. The number of nitriles is 1. The van der Waals surface area contributed by atoms with Gasteiger partial charge in [-0.2, -0.15) is 5.26 Å². The number of ether oxygens (including phenoxy) is 1. The molecule has 0 radical (unpaired) electrons. The lowest BCUT2D eigenvalue weighted by atomic mass is 9.85. The molecule has 5 atom stereocenters. The Hall–Kier alpha value is -2.69. The van der Waals surface area contributed by atoms with E-state index in [4.69, 9.17) is 15.5 Å². The molecule has 4 aliphatic rings. The van der Waals surface area contributed by atoms with Gasteiger partial charge in [-0.25, -0.2) is 4.39 Å². The molecule has 2 N–H and O–H groups in total. The Bertz CT molecular complexity index is 1310. The topological polar surface area (TPSA) is 78.4 Å². The molecule has 6 nitrogen and oxygen atoms in total. The van der Waals surface area contributed by atoms with E-state index in [1.807, 2.05) is 6.07 Å². The number of pyridine rings is 1. The van der Waals surface area contributed by atoms with E-state index in [0.717, 1.165) is 55.8 Å². The van der Waals surface area contributed by atoms with Crippen LogP contribution in [0.3, 0.4) is 0 Å². The highest BCUT2D eigenvalue weighted by Gasteiger charge is 2.44. The summed E-state index contributed by atoms with van der Waals surface area (Å²) in [5.74, 6) is 1.04. The second-order valence-electron chi connectivity index (χ2n) is 13.4. The third-order valence-corrected chi connectivity index (χ3v) is 10.3. The van der Waals surface area contributed by atoms with Gasteiger partial charge < -0.3 is 15.4 Å². The van der Waals surface area contributed by atoms with Crippen LogP contribution in [0.2, 0.25) is 0 Å². The number of aryl methyl sites for hydroxylation is 1. The summed E-state index contributed by atoms with van der Waals surface area (Å²) in [6.07, 6.45) is 7.62. The van der Waals surface area contributed by atoms with Gasteiger partial charge in [0, 0.05) is 59.8 Å². The summed E-state index contributed by atoms with van der Waals surface area (Å²) in [5, 5.41) is 9.92. The maximum atomic E-state index is 12.8. The zero-order valence-corrected chi connectivity index (χ0v) is 26.4. The molecule has 3 fully saturated rings. The largest absolute Gasteiger partial charge is 0.398 e. The Morgan fingerprint density at radius 3 is 2.74 bits per heavy atom. The average Bonchev–Trinajstić information content (AvgIpc) is 3.48. The second-order valence-corrected chi connectivity index (χ2v) is 13.4. The number of nitrogens with zero attached hydrogens (tertiary/aromatic N) is 4. The maximum absolute atomic E-state index is 12.8. The lowest BCUT2D eigenvalue weighted by molar-refractivity contribution is 0.0253. The molecule has 3 saturated heterocycles. The molecule has 5 heterocycles. The highest BCUT2D eigenvalue weighted by molar-refractivity contribution is 5.63. The van der Waals surface area contributed by atoms with E-state index in [9.17, 15) is 9.65 Å². The zero-order chi connectivity index (χ0) is 30.0. The summed E-state index contributed by atoms with van der Waals surface area (Å²) in [6.45, 7) is 15.6. The van der Waals surface area contributed by atoms with Crippen LogP contribution in [-0.4, -0.2) is 47.8 Å². The Morgan fingerprint density at radius 1 is 1.24 bits per heavy atom. The van der Waals surface area contributed by atoms with E-state index >= 15 is 0 Å². The van der Waals surface area contributed by atoms with Crippen LogP contribution in [0.1, 0.15) is 119 Å². The zero-order valence-electron chi connectivity index (χ0n) is 26.4. The minimum atomic E-state index is -0.551. The van der Waals surface area contributed by atoms with Crippen molar-refractivity contribution in [2.75, 3.05) is 36.8 Å². The van der Waals surface area contributed by atoms with Crippen LogP contribution < -0.4 is 10.6 Å². The van der Waals surface area contributed by atoms with Crippen molar-refractivity contribution in [1.29, 1.82) is 5.26 Å². The van der Waals surface area contributed by atoms with E-state index in [1.54, 1.807) is 0 Å². The van der Waals surface area contributed by atoms with Crippen molar-refractivity contribution in [2.45, 2.75) is 116 Å². The Kier molecular flexibility index (Phi) is 9.44. The van der Waals surface area contributed by atoms with Gasteiger partial charge in [0.25, 0.3) is 0 Å². The first-order valence-electron chi connectivity index (χ1n) is 16.3. The van der Waals surface area contributed by atoms with Crippen LogP contribution in [0.15, 0.2) is 18.2 Å². The molecular weight excluding hydrogens is 525 g/mol. The number of fused-ring (bicyclic) bond motifs is 2. The van der Waals surface area contributed by atoms with E-state index in [0.29, 0.717) is 42.7 Å². The normalized spacial score (nSPS) is 27.9. The molecular formula is C35H50FN5O. The van der Waals surface area contributed by atoms with Gasteiger partial charge in [0.2, 0.25) is 0 Å². The highest BCUT2D eigenvalue weighted by Crippen LogP contribution is 2.42. The van der Waals surface area contributed by atoms with Crippen molar-refractivity contribution in [3.8, 4) is 6.07 Å². The molecule has 0 bridgehead atoms. The number of benzene rings is 1. The number of rotatable bonds is 5. The lowest BCUT2D eigenvalue weighted by Crippen LogP contribution is -2.36. The van der Waals surface area contributed by atoms with Gasteiger partial charge in [0.05, 0.1) is 24.0 Å². The highest BCUT2D eigenvalue weighted by atomic mass is 19.1. The summed E-state index contributed by atoms with van der Waals surface area (Å²) in [4.78, 5) is 9.87. The molecule has 4 aliphatic heterocycles.